The minimum Gasteiger partial charge on any atom is -0.393 e. The van der Waals surface area contributed by atoms with Crippen molar-refractivity contribution in [3.05, 3.63) is 52.6 Å². The molecule has 10 heteroatoms. The minimum absolute atomic E-state index is 0.0274. The zero-order chi connectivity index (χ0) is 24.1. The first-order valence-electron chi connectivity index (χ1n) is 12.0. The molecular formula is C25H26N8O2. The smallest absolute Gasteiger partial charge is 0.295 e. The molecule has 4 aromatic rings. The number of nitrogens with zero attached hydrogens (tertiary/aromatic N) is 7. The van der Waals surface area contributed by atoms with Crippen LogP contribution in [-0.4, -0.2) is 54.5 Å². The van der Waals surface area contributed by atoms with E-state index in [9.17, 15) is 15.2 Å². The highest BCUT2D eigenvalue weighted by molar-refractivity contribution is 5.83. The van der Waals surface area contributed by atoms with Crippen molar-refractivity contribution >= 4 is 22.5 Å². The van der Waals surface area contributed by atoms with Crippen molar-refractivity contribution in [1.29, 1.82) is 5.26 Å². The van der Waals surface area contributed by atoms with Crippen LogP contribution < -0.4 is 16.2 Å². The number of pyridine rings is 2. The van der Waals surface area contributed by atoms with E-state index in [2.05, 4.69) is 11.2 Å². The number of aliphatic hydroxyl groups excluding tert-OH is 1. The second-order valence-electron chi connectivity index (χ2n) is 9.52. The molecule has 1 aliphatic carbocycles. The molecule has 10 nitrogen and oxygen atoms in total. The molecule has 5 heterocycles. The van der Waals surface area contributed by atoms with Gasteiger partial charge in [-0.1, -0.05) is 0 Å². The lowest BCUT2D eigenvalue weighted by molar-refractivity contribution is 0.111. The van der Waals surface area contributed by atoms with Crippen molar-refractivity contribution in [2.75, 3.05) is 18.0 Å². The highest BCUT2D eigenvalue weighted by atomic mass is 16.3. The lowest BCUT2D eigenvalue weighted by Gasteiger charge is -2.29. The zero-order valence-electron chi connectivity index (χ0n) is 19.2. The quantitative estimate of drug-likeness (QED) is 0.464. The third kappa shape index (κ3) is 3.73. The molecule has 0 unspecified atom stereocenters. The normalized spacial score (nSPS) is 22.7. The molecule has 35 heavy (non-hydrogen) atoms. The molecule has 0 bridgehead atoms. The van der Waals surface area contributed by atoms with Gasteiger partial charge in [0, 0.05) is 36.9 Å². The van der Waals surface area contributed by atoms with Crippen LogP contribution >= 0.6 is 0 Å². The Bertz CT molecular complexity index is 1530. The first-order chi connectivity index (χ1) is 17.0. The van der Waals surface area contributed by atoms with Crippen LogP contribution in [0.2, 0.25) is 0 Å². The zero-order valence-corrected chi connectivity index (χ0v) is 19.2. The van der Waals surface area contributed by atoms with Gasteiger partial charge in [0.05, 0.1) is 35.1 Å². The molecule has 4 aromatic heterocycles. The lowest BCUT2D eigenvalue weighted by Crippen LogP contribution is -2.37. The summed E-state index contributed by atoms with van der Waals surface area (Å²) in [5, 5.41) is 23.8. The van der Waals surface area contributed by atoms with Gasteiger partial charge in [-0.2, -0.15) is 10.4 Å². The summed E-state index contributed by atoms with van der Waals surface area (Å²) in [7, 11) is 0. The first kappa shape index (κ1) is 21.7. The summed E-state index contributed by atoms with van der Waals surface area (Å²) in [5.41, 5.74) is 9.85. The Balaban J connectivity index is 1.54. The number of hydrogen-bond donors (Lipinski definition) is 2. The fourth-order valence-corrected chi connectivity index (χ4v) is 5.31. The predicted octanol–water partition coefficient (Wildman–Crippen LogP) is 1.99. The number of fused-ring (bicyclic) bond motifs is 2. The molecule has 3 N–H and O–H groups in total. The molecule has 1 saturated carbocycles. The van der Waals surface area contributed by atoms with Crippen molar-refractivity contribution in [3.63, 3.8) is 0 Å². The van der Waals surface area contributed by atoms with E-state index in [1.807, 2.05) is 17.0 Å². The van der Waals surface area contributed by atoms with Gasteiger partial charge in [0.2, 0.25) is 0 Å². The summed E-state index contributed by atoms with van der Waals surface area (Å²) in [6.45, 7) is 1.31. The number of nitriles is 1. The number of aliphatic hydroxyl groups is 1. The van der Waals surface area contributed by atoms with E-state index < -0.39 is 0 Å². The van der Waals surface area contributed by atoms with Crippen LogP contribution in [0.15, 0.2) is 41.5 Å². The van der Waals surface area contributed by atoms with Crippen LogP contribution in [-0.2, 0) is 0 Å². The maximum atomic E-state index is 13.8. The number of aromatic nitrogens is 5. The van der Waals surface area contributed by atoms with Gasteiger partial charge in [0.15, 0.2) is 11.5 Å². The van der Waals surface area contributed by atoms with E-state index in [0.29, 0.717) is 67.0 Å². The highest BCUT2D eigenvalue weighted by Gasteiger charge is 2.29. The van der Waals surface area contributed by atoms with Gasteiger partial charge in [-0.15, -0.1) is 0 Å². The molecular weight excluding hydrogens is 444 g/mol. The molecule has 2 fully saturated rings. The first-order valence-corrected chi connectivity index (χ1v) is 12.0. The summed E-state index contributed by atoms with van der Waals surface area (Å²) < 4.78 is 3.49. The molecule has 0 amide bonds. The van der Waals surface area contributed by atoms with Crippen molar-refractivity contribution in [3.8, 4) is 17.3 Å². The van der Waals surface area contributed by atoms with Crippen LogP contribution in [0.25, 0.3) is 27.9 Å². The van der Waals surface area contributed by atoms with Gasteiger partial charge in [0.25, 0.3) is 5.56 Å². The predicted molar refractivity (Wildman–Crippen MR) is 131 cm³/mol. The van der Waals surface area contributed by atoms with Crippen molar-refractivity contribution in [2.45, 2.75) is 50.3 Å². The van der Waals surface area contributed by atoms with Crippen LogP contribution in [0.1, 0.15) is 43.7 Å². The van der Waals surface area contributed by atoms with Gasteiger partial charge in [-0.25, -0.2) is 14.5 Å². The maximum absolute atomic E-state index is 13.8. The Labute approximate surface area is 201 Å². The second kappa shape index (κ2) is 8.45. The molecule has 0 radical (unpaired) electrons. The van der Waals surface area contributed by atoms with E-state index >= 15 is 0 Å². The minimum atomic E-state index is -0.331. The van der Waals surface area contributed by atoms with Gasteiger partial charge in [0.1, 0.15) is 5.52 Å². The Morgan fingerprint density at radius 3 is 2.69 bits per heavy atom. The number of anilines is 1. The van der Waals surface area contributed by atoms with E-state index in [-0.39, 0.29) is 23.7 Å². The maximum Gasteiger partial charge on any atom is 0.295 e. The number of rotatable bonds is 3. The Kier molecular flexibility index (Phi) is 5.24. The van der Waals surface area contributed by atoms with Gasteiger partial charge >= 0.3 is 0 Å². The second-order valence-corrected chi connectivity index (χ2v) is 9.52. The standard InChI is InChI=1S/C25H26N8O2/c26-12-15-7-10-32-22(11-15)19(13-28-32)20-5-6-21-23(29-20)33(17-1-3-18(34)4-2-17)25(35)24(30-21)31-9-8-16(27)14-31/h5-7,10-11,13,16-18,34H,1-4,8-9,14,27H2/t16-,17?,18?/m1/s1. The molecule has 178 valence electrons. The number of nitrogens with two attached hydrogens (primary N) is 1. The highest BCUT2D eigenvalue weighted by Crippen LogP contribution is 2.32. The Morgan fingerprint density at radius 1 is 1.11 bits per heavy atom. The monoisotopic (exact) mass is 470 g/mol. The summed E-state index contributed by atoms with van der Waals surface area (Å²) in [6, 6.07) is 9.39. The Hall–Kier alpha value is -3.81. The Morgan fingerprint density at radius 2 is 1.94 bits per heavy atom. The molecule has 1 saturated heterocycles. The number of hydrogen-bond acceptors (Lipinski definition) is 8. The van der Waals surface area contributed by atoms with Gasteiger partial charge in [-0.3, -0.25) is 9.36 Å². The van der Waals surface area contributed by atoms with E-state index in [1.54, 1.807) is 33.6 Å². The molecule has 0 aromatic carbocycles. The van der Waals surface area contributed by atoms with E-state index in [0.717, 1.165) is 17.5 Å². The van der Waals surface area contributed by atoms with Crippen molar-refractivity contribution < 1.29 is 5.11 Å². The largest absolute Gasteiger partial charge is 0.393 e. The average Bonchev–Trinajstić information content (AvgIpc) is 3.50. The lowest BCUT2D eigenvalue weighted by atomic mass is 9.93. The SMILES string of the molecule is N#Cc1ccn2ncc(-c3ccc4nc(N5CC[C@@H](N)C5)c(=O)n(C5CCC(O)CC5)c4n3)c2c1. The van der Waals surface area contributed by atoms with Crippen LogP contribution in [0.4, 0.5) is 5.82 Å². The summed E-state index contributed by atoms with van der Waals surface area (Å²) >= 11 is 0. The summed E-state index contributed by atoms with van der Waals surface area (Å²) in [6.07, 6.45) is 6.66. The fourth-order valence-electron chi connectivity index (χ4n) is 5.31. The molecule has 0 spiro atoms. The summed E-state index contributed by atoms with van der Waals surface area (Å²) in [5.74, 6) is 0.417. The fraction of sp³-hybridized carbons (Fsp3) is 0.400. The molecule has 6 rings (SSSR count). The van der Waals surface area contributed by atoms with Crippen molar-refractivity contribution in [1.82, 2.24) is 24.1 Å². The van der Waals surface area contributed by atoms with Crippen LogP contribution in [0.5, 0.6) is 0 Å². The third-order valence-corrected chi connectivity index (χ3v) is 7.20. The average molecular weight is 471 g/mol. The molecule has 1 aliphatic heterocycles. The van der Waals surface area contributed by atoms with Gasteiger partial charge < -0.3 is 15.7 Å². The summed E-state index contributed by atoms with van der Waals surface area (Å²) in [4.78, 5) is 25.4. The van der Waals surface area contributed by atoms with Gasteiger partial charge in [-0.05, 0) is 56.4 Å². The van der Waals surface area contributed by atoms with Crippen LogP contribution in [0.3, 0.4) is 0 Å². The van der Waals surface area contributed by atoms with Crippen molar-refractivity contribution in [2.24, 2.45) is 5.73 Å². The van der Waals surface area contributed by atoms with E-state index in [4.69, 9.17) is 15.7 Å². The molecule has 2 aliphatic rings. The third-order valence-electron chi connectivity index (χ3n) is 7.20. The topological polar surface area (TPSA) is 138 Å². The molecule has 1 atom stereocenters. The van der Waals surface area contributed by atoms with E-state index in [1.165, 1.54) is 0 Å². The van der Waals surface area contributed by atoms with Crippen LogP contribution in [0, 0.1) is 11.3 Å².